The van der Waals surface area contributed by atoms with Gasteiger partial charge in [-0.2, -0.15) is 0 Å². The van der Waals surface area contributed by atoms with E-state index >= 15 is 0 Å². The Bertz CT molecular complexity index is 1320. The highest BCUT2D eigenvalue weighted by Gasteiger charge is 2.31. The molecule has 0 saturated heterocycles. The van der Waals surface area contributed by atoms with Gasteiger partial charge in [0, 0.05) is 41.2 Å². The zero-order valence-electron chi connectivity index (χ0n) is 21.7. The van der Waals surface area contributed by atoms with Crippen molar-refractivity contribution in [3.05, 3.63) is 98.0 Å². The molecule has 0 aromatic heterocycles. The normalized spacial score (nSPS) is 11.5. The number of methoxy groups -OCH3 is 1. The summed E-state index contributed by atoms with van der Waals surface area (Å²) in [5, 5.41) is 14.9. The summed E-state index contributed by atoms with van der Waals surface area (Å²) in [4.78, 5) is 39.1. The first-order valence-corrected chi connectivity index (χ1v) is 12.9. The summed E-state index contributed by atoms with van der Waals surface area (Å²) in [5.74, 6) is -0.628. The number of ether oxygens (including phenoxy) is 2. The van der Waals surface area contributed by atoms with E-state index in [1.54, 1.807) is 18.2 Å². The van der Waals surface area contributed by atoms with Gasteiger partial charge in [0.25, 0.3) is 5.91 Å². The Morgan fingerprint density at radius 2 is 1.77 bits per heavy atom. The first-order valence-electron chi connectivity index (χ1n) is 12.1. The molecule has 3 aromatic rings. The average Bonchev–Trinajstić information content (AvgIpc) is 2.90. The van der Waals surface area contributed by atoms with Crippen molar-refractivity contribution < 1.29 is 24.0 Å². The van der Waals surface area contributed by atoms with Gasteiger partial charge in [-0.15, -0.1) is 0 Å². The summed E-state index contributed by atoms with van der Waals surface area (Å²) in [6.45, 7) is 3.26. The largest absolute Gasteiger partial charge is 0.490 e. The highest BCUT2D eigenvalue weighted by atomic mass is 35.5. The number of nitrogens with zero attached hydrogens (tertiary/aromatic N) is 2. The van der Waals surface area contributed by atoms with E-state index in [1.165, 1.54) is 30.2 Å². The molecule has 1 N–H and O–H groups in total. The number of carbonyl (C=O) groups excluding carboxylic acids is 2. The Kier molecular flexibility index (Phi) is 10.5. The Morgan fingerprint density at radius 1 is 1.05 bits per heavy atom. The van der Waals surface area contributed by atoms with Gasteiger partial charge < -0.3 is 19.7 Å². The van der Waals surface area contributed by atoms with Crippen LogP contribution in [0.4, 0.5) is 5.69 Å². The molecule has 3 rings (SSSR count). The van der Waals surface area contributed by atoms with Crippen LogP contribution in [0.2, 0.25) is 10.0 Å². The minimum Gasteiger partial charge on any atom is -0.490 e. The zero-order chi connectivity index (χ0) is 28.5. The number of amides is 2. The predicted molar refractivity (Wildman–Crippen MR) is 149 cm³/mol. The van der Waals surface area contributed by atoms with Crippen LogP contribution in [0.5, 0.6) is 11.5 Å². The summed E-state index contributed by atoms with van der Waals surface area (Å²) < 4.78 is 10.8. The Labute approximate surface area is 236 Å². The lowest BCUT2D eigenvalue weighted by atomic mass is 10.0. The number of hydrogen-bond acceptors (Lipinski definition) is 6. The molecule has 2 amide bonds. The molecule has 0 aliphatic carbocycles. The van der Waals surface area contributed by atoms with Crippen molar-refractivity contribution >= 4 is 40.7 Å². The van der Waals surface area contributed by atoms with Crippen molar-refractivity contribution in [1.82, 2.24) is 10.2 Å². The van der Waals surface area contributed by atoms with Crippen LogP contribution in [-0.2, 0) is 22.6 Å². The third-order valence-electron chi connectivity index (χ3n) is 5.77. The number of halogens is 2. The molecule has 0 heterocycles. The molecular formula is C28H29Cl2N3O6. The Morgan fingerprint density at radius 3 is 2.38 bits per heavy atom. The van der Waals surface area contributed by atoms with Crippen LogP contribution in [-0.4, -0.2) is 47.4 Å². The number of benzene rings is 3. The fourth-order valence-electron chi connectivity index (χ4n) is 3.89. The molecule has 206 valence electrons. The van der Waals surface area contributed by atoms with Crippen LogP contribution in [0, 0.1) is 10.1 Å². The van der Waals surface area contributed by atoms with Crippen LogP contribution >= 0.6 is 23.2 Å². The molecule has 9 nitrogen and oxygen atoms in total. The predicted octanol–water partition coefficient (Wildman–Crippen LogP) is 5.45. The van der Waals surface area contributed by atoms with Gasteiger partial charge in [0.2, 0.25) is 11.7 Å². The minimum atomic E-state index is -0.885. The molecule has 3 aromatic carbocycles. The fourth-order valence-corrected chi connectivity index (χ4v) is 4.36. The SMILES string of the molecule is COc1cc(OCC(=O)N(Cc2ccc(Cl)cc2Cl)[C@@H](Cc2ccccc2)C(=O)NC(C)C)ccc1[N+](=O)[O-]. The fraction of sp³-hybridized carbons (Fsp3) is 0.286. The maximum absolute atomic E-state index is 13.7. The Hall–Kier alpha value is -3.82. The van der Waals surface area contributed by atoms with E-state index in [0.717, 1.165) is 5.56 Å². The molecule has 0 saturated carbocycles. The van der Waals surface area contributed by atoms with Crippen molar-refractivity contribution in [2.45, 2.75) is 38.9 Å². The van der Waals surface area contributed by atoms with Gasteiger partial charge in [0.15, 0.2) is 6.61 Å². The number of rotatable bonds is 12. The maximum Gasteiger partial charge on any atom is 0.311 e. The van der Waals surface area contributed by atoms with Crippen molar-refractivity contribution in [2.75, 3.05) is 13.7 Å². The molecule has 0 aliphatic rings. The second kappa shape index (κ2) is 13.8. The summed E-state index contributed by atoms with van der Waals surface area (Å²) in [7, 11) is 1.30. The standard InChI is InChI=1S/C28H29Cl2N3O6/c1-18(2)31-28(35)25(13-19-7-5-4-6-8-19)32(16-20-9-10-21(29)14-23(20)30)27(34)17-39-22-11-12-24(33(36)37)26(15-22)38-3/h4-12,14-15,18,25H,13,16-17H2,1-3H3,(H,31,35)/t25-/m0/s1. The molecule has 0 unspecified atom stereocenters. The molecule has 0 radical (unpaired) electrons. The second-order valence-electron chi connectivity index (χ2n) is 9.01. The van der Waals surface area contributed by atoms with Crippen molar-refractivity contribution in [2.24, 2.45) is 0 Å². The monoisotopic (exact) mass is 573 g/mol. The number of nitro benzene ring substituents is 1. The quantitative estimate of drug-likeness (QED) is 0.227. The summed E-state index contributed by atoms with van der Waals surface area (Å²) >= 11 is 12.5. The number of carbonyl (C=O) groups is 2. The summed E-state index contributed by atoms with van der Waals surface area (Å²) in [6.07, 6.45) is 0.252. The van der Waals surface area contributed by atoms with Gasteiger partial charge in [-0.25, -0.2) is 0 Å². The van der Waals surface area contributed by atoms with Gasteiger partial charge in [-0.1, -0.05) is 59.6 Å². The molecule has 0 aliphatic heterocycles. The molecule has 0 fully saturated rings. The van der Waals surface area contributed by atoms with Crippen LogP contribution < -0.4 is 14.8 Å². The van der Waals surface area contributed by atoms with Crippen molar-refractivity contribution in [1.29, 1.82) is 0 Å². The second-order valence-corrected chi connectivity index (χ2v) is 9.85. The third kappa shape index (κ3) is 8.33. The lowest BCUT2D eigenvalue weighted by Crippen LogP contribution is -2.52. The first-order chi connectivity index (χ1) is 18.6. The highest BCUT2D eigenvalue weighted by molar-refractivity contribution is 6.35. The Balaban J connectivity index is 1.94. The van der Waals surface area contributed by atoms with Gasteiger partial charge in [-0.3, -0.25) is 19.7 Å². The average molecular weight is 574 g/mol. The smallest absolute Gasteiger partial charge is 0.311 e. The number of nitro groups is 1. The first kappa shape index (κ1) is 29.7. The van der Waals surface area contributed by atoms with E-state index in [4.69, 9.17) is 32.7 Å². The van der Waals surface area contributed by atoms with Gasteiger partial charge in [0.1, 0.15) is 11.8 Å². The maximum atomic E-state index is 13.7. The van der Waals surface area contributed by atoms with E-state index in [2.05, 4.69) is 5.32 Å². The molecule has 0 spiro atoms. The van der Waals surface area contributed by atoms with Gasteiger partial charge in [0.05, 0.1) is 12.0 Å². The third-order valence-corrected chi connectivity index (χ3v) is 6.35. The van der Waals surface area contributed by atoms with Crippen LogP contribution in [0.15, 0.2) is 66.7 Å². The summed E-state index contributed by atoms with van der Waals surface area (Å²) in [5.41, 5.74) is 1.23. The summed E-state index contributed by atoms with van der Waals surface area (Å²) in [6, 6.07) is 17.2. The molecule has 11 heteroatoms. The van der Waals surface area contributed by atoms with Gasteiger partial charge >= 0.3 is 5.69 Å². The number of hydrogen-bond donors (Lipinski definition) is 1. The van der Waals surface area contributed by atoms with E-state index in [1.807, 2.05) is 44.2 Å². The van der Waals surface area contributed by atoms with Crippen LogP contribution in [0.25, 0.3) is 0 Å². The van der Waals surface area contributed by atoms with E-state index in [-0.39, 0.29) is 42.1 Å². The molecule has 0 bridgehead atoms. The lowest BCUT2D eigenvalue weighted by molar-refractivity contribution is -0.385. The minimum absolute atomic E-state index is 0.00647. The number of nitrogens with one attached hydrogen (secondary N) is 1. The molecule has 1 atom stereocenters. The molecular weight excluding hydrogens is 545 g/mol. The van der Waals surface area contributed by atoms with E-state index in [9.17, 15) is 19.7 Å². The zero-order valence-corrected chi connectivity index (χ0v) is 23.2. The van der Waals surface area contributed by atoms with E-state index in [0.29, 0.717) is 15.6 Å². The topological polar surface area (TPSA) is 111 Å². The van der Waals surface area contributed by atoms with Crippen molar-refractivity contribution in [3.63, 3.8) is 0 Å². The van der Waals surface area contributed by atoms with Crippen LogP contribution in [0.1, 0.15) is 25.0 Å². The lowest BCUT2D eigenvalue weighted by Gasteiger charge is -2.32. The van der Waals surface area contributed by atoms with Gasteiger partial charge in [-0.05, 0) is 43.2 Å². The van der Waals surface area contributed by atoms with Crippen LogP contribution in [0.3, 0.4) is 0 Å². The molecule has 39 heavy (non-hydrogen) atoms. The highest BCUT2D eigenvalue weighted by Crippen LogP contribution is 2.31. The van der Waals surface area contributed by atoms with Crippen molar-refractivity contribution in [3.8, 4) is 11.5 Å². The van der Waals surface area contributed by atoms with E-state index < -0.39 is 23.5 Å².